The van der Waals surface area contributed by atoms with Crippen molar-refractivity contribution in [3.05, 3.63) is 66.5 Å². The van der Waals surface area contributed by atoms with E-state index in [0.29, 0.717) is 17.3 Å². The summed E-state index contributed by atoms with van der Waals surface area (Å²) in [5.41, 5.74) is 0. The maximum atomic E-state index is 12.9. The summed E-state index contributed by atoms with van der Waals surface area (Å²) >= 11 is 0. The molecule has 0 amide bonds. The van der Waals surface area contributed by atoms with Crippen LogP contribution in [0.4, 0.5) is 4.39 Å². The number of rotatable bonds is 10. The standard InChI is InChI=1S/C19H21FN4O5S/c1-24-19(21-13-22-24)12-29-17-6-8-18(9-7-17)30(26,27)23-10-15(25)11-28-16-4-2-14(20)3-5-16/h2-9,13,15,23,25H,10-12H2,1H3. The maximum Gasteiger partial charge on any atom is 0.240 e. The highest BCUT2D eigenvalue weighted by Crippen LogP contribution is 2.17. The monoisotopic (exact) mass is 436 g/mol. The number of hydrogen-bond donors (Lipinski definition) is 2. The number of ether oxygens (including phenoxy) is 2. The molecule has 0 radical (unpaired) electrons. The molecular formula is C19H21FN4O5S. The molecule has 0 saturated heterocycles. The van der Waals surface area contributed by atoms with Crippen LogP contribution in [0, 0.1) is 5.82 Å². The molecule has 0 aliphatic rings. The second-order valence-electron chi connectivity index (χ2n) is 6.33. The number of aliphatic hydroxyl groups excluding tert-OH is 1. The SMILES string of the molecule is Cn1ncnc1COc1ccc(S(=O)(=O)NCC(O)COc2ccc(F)cc2)cc1. The van der Waals surface area contributed by atoms with Gasteiger partial charge in [-0.05, 0) is 48.5 Å². The molecule has 1 heterocycles. The first kappa shape index (κ1) is 21.7. The van der Waals surface area contributed by atoms with Gasteiger partial charge in [0.25, 0.3) is 0 Å². The summed E-state index contributed by atoms with van der Waals surface area (Å²) in [5.74, 6) is 1.07. The van der Waals surface area contributed by atoms with E-state index in [1.807, 2.05) is 0 Å². The third-order valence-electron chi connectivity index (χ3n) is 4.07. The highest BCUT2D eigenvalue weighted by atomic mass is 32.2. The minimum atomic E-state index is -3.82. The average molecular weight is 436 g/mol. The summed E-state index contributed by atoms with van der Waals surface area (Å²) in [6.07, 6.45) is 0.331. The molecular weight excluding hydrogens is 415 g/mol. The molecule has 3 rings (SSSR count). The largest absolute Gasteiger partial charge is 0.491 e. The molecule has 0 aliphatic carbocycles. The van der Waals surface area contributed by atoms with E-state index in [1.165, 1.54) is 54.9 Å². The Labute approximate surface area is 173 Å². The zero-order valence-electron chi connectivity index (χ0n) is 16.1. The molecule has 160 valence electrons. The lowest BCUT2D eigenvalue weighted by Gasteiger charge is -2.14. The van der Waals surface area contributed by atoms with Gasteiger partial charge in [-0.25, -0.2) is 22.5 Å². The number of aryl methyl sites for hydroxylation is 1. The van der Waals surface area contributed by atoms with Gasteiger partial charge in [0.15, 0.2) is 5.82 Å². The number of aromatic nitrogens is 3. The van der Waals surface area contributed by atoms with Crippen molar-refractivity contribution >= 4 is 10.0 Å². The highest BCUT2D eigenvalue weighted by Gasteiger charge is 2.16. The lowest BCUT2D eigenvalue weighted by atomic mass is 10.3. The summed E-state index contributed by atoms with van der Waals surface area (Å²) < 4.78 is 52.4. The van der Waals surface area contributed by atoms with Crippen LogP contribution in [0.1, 0.15) is 5.82 Å². The van der Waals surface area contributed by atoms with Crippen LogP contribution in [-0.2, 0) is 23.7 Å². The minimum Gasteiger partial charge on any atom is -0.491 e. The molecule has 0 bridgehead atoms. The number of benzene rings is 2. The van der Waals surface area contributed by atoms with E-state index in [-0.39, 0.29) is 24.7 Å². The number of sulfonamides is 1. The Morgan fingerprint density at radius 3 is 2.37 bits per heavy atom. The van der Waals surface area contributed by atoms with Gasteiger partial charge in [-0.3, -0.25) is 4.68 Å². The van der Waals surface area contributed by atoms with E-state index in [0.717, 1.165) is 0 Å². The normalized spacial score (nSPS) is 12.5. The summed E-state index contributed by atoms with van der Waals surface area (Å²) in [7, 11) is -2.08. The molecule has 3 aromatic rings. The molecule has 2 N–H and O–H groups in total. The fourth-order valence-corrected chi connectivity index (χ4v) is 3.46. The zero-order valence-corrected chi connectivity index (χ0v) is 16.9. The summed E-state index contributed by atoms with van der Waals surface area (Å²) in [5, 5.41) is 13.9. The zero-order chi connectivity index (χ0) is 21.6. The molecule has 11 heteroatoms. The van der Waals surface area contributed by atoms with Crippen molar-refractivity contribution in [2.75, 3.05) is 13.2 Å². The van der Waals surface area contributed by atoms with Crippen molar-refractivity contribution < 1.29 is 27.4 Å². The van der Waals surface area contributed by atoms with Gasteiger partial charge in [0.05, 0.1) is 4.90 Å². The van der Waals surface area contributed by atoms with Crippen LogP contribution in [0.5, 0.6) is 11.5 Å². The van der Waals surface area contributed by atoms with E-state index in [4.69, 9.17) is 9.47 Å². The third-order valence-corrected chi connectivity index (χ3v) is 5.51. The van der Waals surface area contributed by atoms with Crippen LogP contribution >= 0.6 is 0 Å². The first-order valence-corrected chi connectivity index (χ1v) is 10.4. The number of halogens is 1. The van der Waals surface area contributed by atoms with Crippen molar-refractivity contribution in [3.63, 3.8) is 0 Å². The van der Waals surface area contributed by atoms with Crippen molar-refractivity contribution in [3.8, 4) is 11.5 Å². The van der Waals surface area contributed by atoms with Gasteiger partial charge in [-0.2, -0.15) is 5.10 Å². The fraction of sp³-hybridized carbons (Fsp3) is 0.263. The van der Waals surface area contributed by atoms with Crippen LogP contribution in [-0.4, -0.2) is 47.5 Å². The Kier molecular flexibility index (Phi) is 6.98. The lowest BCUT2D eigenvalue weighted by molar-refractivity contribution is 0.111. The second-order valence-corrected chi connectivity index (χ2v) is 8.10. The van der Waals surface area contributed by atoms with Crippen molar-refractivity contribution in [2.24, 2.45) is 7.05 Å². The van der Waals surface area contributed by atoms with Gasteiger partial charge in [-0.15, -0.1) is 0 Å². The van der Waals surface area contributed by atoms with Crippen molar-refractivity contribution in [1.82, 2.24) is 19.5 Å². The quantitative estimate of drug-likeness (QED) is 0.491. The molecule has 0 saturated carbocycles. The predicted molar refractivity (Wildman–Crippen MR) is 105 cm³/mol. The van der Waals surface area contributed by atoms with Gasteiger partial charge < -0.3 is 14.6 Å². The Bertz CT molecular complexity index is 1060. The van der Waals surface area contributed by atoms with Gasteiger partial charge >= 0.3 is 0 Å². The molecule has 9 nitrogen and oxygen atoms in total. The molecule has 30 heavy (non-hydrogen) atoms. The number of aliphatic hydroxyl groups is 1. The van der Waals surface area contributed by atoms with Crippen molar-refractivity contribution in [1.29, 1.82) is 0 Å². The van der Waals surface area contributed by atoms with E-state index in [1.54, 1.807) is 11.7 Å². The average Bonchev–Trinajstić information content (AvgIpc) is 3.15. The van der Waals surface area contributed by atoms with Gasteiger partial charge in [0.1, 0.15) is 43.0 Å². The topological polar surface area (TPSA) is 116 Å². The number of nitrogens with zero attached hydrogens (tertiary/aromatic N) is 3. The van der Waals surface area contributed by atoms with Gasteiger partial charge in [0, 0.05) is 13.6 Å². The Hall–Kier alpha value is -3.02. The van der Waals surface area contributed by atoms with Gasteiger partial charge in [-0.1, -0.05) is 0 Å². The second kappa shape index (κ2) is 9.65. The van der Waals surface area contributed by atoms with Crippen LogP contribution in [0.15, 0.2) is 59.8 Å². The summed E-state index contributed by atoms with van der Waals surface area (Å²) in [4.78, 5) is 4.07. The smallest absolute Gasteiger partial charge is 0.240 e. The number of hydrogen-bond acceptors (Lipinski definition) is 7. The predicted octanol–water partition coefficient (Wildman–Crippen LogP) is 1.25. The van der Waals surface area contributed by atoms with E-state index in [2.05, 4.69) is 14.8 Å². The molecule has 1 aromatic heterocycles. The summed E-state index contributed by atoms with van der Waals surface area (Å²) in [6, 6.07) is 11.1. The number of nitrogens with one attached hydrogen (secondary N) is 1. The first-order valence-electron chi connectivity index (χ1n) is 8.95. The van der Waals surface area contributed by atoms with E-state index >= 15 is 0 Å². The Balaban J connectivity index is 1.48. The Morgan fingerprint density at radius 2 is 1.73 bits per heavy atom. The van der Waals surface area contributed by atoms with Crippen LogP contribution in [0.25, 0.3) is 0 Å². The third kappa shape index (κ3) is 5.99. The van der Waals surface area contributed by atoms with Crippen LogP contribution in [0.2, 0.25) is 0 Å². The molecule has 0 fully saturated rings. The molecule has 1 unspecified atom stereocenters. The van der Waals surface area contributed by atoms with Crippen LogP contribution < -0.4 is 14.2 Å². The van der Waals surface area contributed by atoms with Crippen molar-refractivity contribution in [2.45, 2.75) is 17.6 Å². The Morgan fingerprint density at radius 1 is 1.10 bits per heavy atom. The van der Waals surface area contributed by atoms with Crippen LogP contribution in [0.3, 0.4) is 0 Å². The van der Waals surface area contributed by atoms with E-state index in [9.17, 15) is 17.9 Å². The van der Waals surface area contributed by atoms with E-state index < -0.39 is 21.9 Å². The molecule has 0 aliphatic heterocycles. The summed E-state index contributed by atoms with van der Waals surface area (Å²) in [6.45, 7) is -0.196. The molecule has 2 aromatic carbocycles. The first-order chi connectivity index (χ1) is 14.3. The highest BCUT2D eigenvalue weighted by molar-refractivity contribution is 7.89. The molecule has 0 spiro atoms. The fourth-order valence-electron chi connectivity index (χ4n) is 2.39. The molecule has 1 atom stereocenters. The minimum absolute atomic E-state index is 0.0279. The maximum absolute atomic E-state index is 12.9. The van der Waals surface area contributed by atoms with Gasteiger partial charge in [0.2, 0.25) is 10.0 Å². The lowest BCUT2D eigenvalue weighted by Crippen LogP contribution is -2.35.